The zero-order chi connectivity index (χ0) is 15.9. The lowest BCUT2D eigenvalue weighted by Gasteiger charge is -2.16. The topological polar surface area (TPSA) is 52.3 Å². The SMILES string of the molecule is CC(C)C[C@H](N)COc1ccccc1C(=O)c1ccccc1. The average molecular weight is 297 g/mol. The summed E-state index contributed by atoms with van der Waals surface area (Å²) in [4.78, 5) is 12.6. The zero-order valence-corrected chi connectivity index (χ0v) is 13.2. The second-order valence-electron chi connectivity index (χ2n) is 5.89. The van der Waals surface area contributed by atoms with Gasteiger partial charge in [0.2, 0.25) is 0 Å². The Morgan fingerprint density at radius 1 is 1.05 bits per heavy atom. The van der Waals surface area contributed by atoms with Crippen LogP contribution in [0.15, 0.2) is 54.6 Å². The molecule has 2 aromatic rings. The number of carbonyl (C=O) groups is 1. The molecule has 116 valence electrons. The third-order valence-electron chi connectivity index (χ3n) is 3.39. The van der Waals surface area contributed by atoms with Crippen molar-refractivity contribution in [2.45, 2.75) is 26.3 Å². The maximum absolute atomic E-state index is 12.6. The minimum Gasteiger partial charge on any atom is -0.491 e. The molecule has 2 N–H and O–H groups in total. The number of hydrogen-bond acceptors (Lipinski definition) is 3. The lowest BCUT2D eigenvalue weighted by Crippen LogP contribution is -2.29. The van der Waals surface area contributed by atoms with Gasteiger partial charge in [-0.3, -0.25) is 4.79 Å². The van der Waals surface area contributed by atoms with Gasteiger partial charge in [-0.15, -0.1) is 0 Å². The van der Waals surface area contributed by atoms with Crippen LogP contribution in [0.25, 0.3) is 0 Å². The van der Waals surface area contributed by atoms with Gasteiger partial charge in [-0.1, -0.05) is 56.3 Å². The first-order chi connectivity index (χ1) is 10.6. The molecule has 0 aliphatic rings. The van der Waals surface area contributed by atoms with Gasteiger partial charge in [0.25, 0.3) is 0 Å². The first-order valence-corrected chi connectivity index (χ1v) is 7.65. The fourth-order valence-electron chi connectivity index (χ4n) is 2.40. The van der Waals surface area contributed by atoms with Gasteiger partial charge in [0, 0.05) is 11.6 Å². The fraction of sp³-hybridized carbons (Fsp3) is 0.316. The highest BCUT2D eigenvalue weighted by Gasteiger charge is 2.15. The van der Waals surface area contributed by atoms with Crippen LogP contribution in [-0.2, 0) is 0 Å². The van der Waals surface area contributed by atoms with Crippen LogP contribution in [0.3, 0.4) is 0 Å². The molecule has 0 amide bonds. The molecule has 0 bridgehead atoms. The predicted octanol–water partition coefficient (Wildman–Crippen LogP) is 3.67. The highest BCUT2D eigenvalue weighted by molar-refractivity contribution is 6.10. The van der Waals surface area contributed by atoms with Crippen molar-refractivity contribution in [3.63, 3.8) is 0 Å². The summed E-state index contributed by atoms with van der Waals surface area (Å²) in [6.45, 7) is 4.68. The quantitative estimate of drug-likeness (QED) is 0.793. The fourth-order valence-corrected chi connectivity index (χ4v) is 2.40. The molecule has 2 rings (SSSR count). The molecular formula is C19H23NO2. The maximum atomic E-state index is 12.6. The van der Waals surface area contributed by atoms with E-state index in [1.807, 2.05) is 48.5 Å². The molecular weight excluding hydrogens is 274 g/mol. The Hall–Kier alpha value is -2.13. The highest BCUT2D eigenvalue weighted by Crippen LogP contribution is 2.22. The molecule has 3 nitrogen and oxygen atoms in total. The molecule has 0 aromatic heterocycles. The lowest BCUT2D eigenvalue weighted by atomic mass is 10.0. The Morgan fingerprint density at radius 2 is 1.68 bits per heavy atom. The summed E-state index contributed by atoms with van der Waals surface area (Å²) in [7, 11) is 0. The first kappa shape index (κ1) is 16.2. The van der Waals surface area contributed by atoms with E-state index in [2.05, 4.69) is 13.8 Å². The largest absolute Gasteiger partial charge is 0.491 e. The summed E-state index contributed by atoms with van der Waals surface area (Å²) in [5.41, 5.74) is 7.28. The Labute approximate surface area is 132 Å². The van der Waals surface area contributed by atoms with Crippen LogP contribution >= 0.6 is 0 Å². The van der Waals surface area contributed by atoms with Gasteiger partial charge >= 0.3 is 0 Å². The van der Waals surface area contributed by atoms with Gasteiger partial charge in [-0.2, -0.15) is 0 Å². The Balaban J connectivity index is 2.12. The minimum absolute atomic E-state index is 0.0279. The van der Waals surface area contributed by atoms with Gasteiger partial charge in [0.05, 0.1) is 5.56 Å². The van der Waals surface area contributed by atoms with E-state index in [0.717, 1.165) is 6.42 Å². The van der Waals surface area contributed by atoms with Crippen LogP contribution in [0.5, 0.6) is 5.75 Å². The van der Waals surface area contributed by atoms with Crippen molar-refractivity contribution in [1.29, 1.82) is 0 Å². The minimum atomic E-state index is -0.0337. The van der Waals surface area contributed by atoms with E-state index in [4.69, 9.17) is 10.5 Å². The van der Waals surface area contributed by atoms with Crippen LogP contribution in [0, 0.1) is 5.92 Å². The molecule has 0 heterocycles. The lowest BCUT2D eigenvalue weighted by molar-refractivity contribution is 0.103. The molecule has 0 unspecified atom stereocenters. The maximum Gasteiger partial charge on any atom is 0.196 e. The van der Waals surface area contributed by atoms with E-state index in [1.54, 1.807) is 6.07 Å². The molecule has 0 spiro atoms. The molecule has 3 heteroatoms. The number of benzene rings is 2. The van der Waals surface area contributed by atoms with E-state index >= 15 is 0 Å². The highest BCUT2D eigenvalue weighted by atomic mass is 16.5. The summed E-state index contributed by atoms with van der Waals surface area (Å²) in [6.07, 6.45) is 0.898. The number of ether oxygens (including phenoxy) is 1. The third kappa shape index (κ3) is 4.43. The van der Waals surface area contributed by atoms with Crippen molar-refractivity contribution in [3.8, 4) is 5.75 Å². The normalized spacial score (nSPS) is 12.2. The smallest absolute Gasteiger partial charge is 0.196 e. The Morgan fingerprint density at radius 3 is 2.36 bits per heavy atom. The number of carbonyl (C=O) groups excluding carboxylic acids is 1. The van der Waals surface area contributed by atoms with Crippen LogP contribution in [-0.4, -0.2) is 18.4 Å². The molecule has 22 heavy (non-hydrogen) atoms. The van der Waals surface area contributed by atoms with Gasteiger partial charge < -0.3 is 10.5 Å². The van der Waals surface area contributed by atoms with E-state index in [9.17, 15) is 4.79 Å². The summed E-state index contributed by atoms with van der Waals surface area (Å²) >= 11 is 0. The van der Waals surface area contributed by atoms with Crippen molar-refractivity contribution >= 4 is 5.78 Å². The number of para-hydroxylation sites is 1. The monoisotopic (exact) mass is 297 g/mol. The molecule has 0 aliphatic carbocycles. The molecule has 0 radical (unpaired) electrons. The van der Waals surface area contributed by atoms with Crippen molar-refractivity contribution in [2.24, 2.45) is 11.7 Å². The van der Waals surface area contributed by atoms with Gasteiger partial charge in [0.1, 0.15) is 12.4 Å². The second kappa shape index (κ2) is 7.76. The Kier molecular flexibility index (Phi) is 5.73. The summed E-state index contributed by atoms with van der Waals surface area (Å²) in [5, 5.41) is 0. The predicted molar refractivity (Wildman–Crippen MR) is 89.2 cm³/mol. The first-order valence-electron chi connectivity index (χ1n) is 7.65. The number of ketones is 1. The molecule has 1 atom stereocenters. The van der Waals surface area contributed by atoms with Crippen LogP contribution in [0.2, 0.25) is 0 Å². The summed E-state index contributed by atoms with van der Waals surface area (Å²) in [6, 6.07) is 16.5. The van der Waals surface area contributed by atoms with E-state index in [1.165, 1.54) is 0 Å². The van der Waals surface area contributed by atoms with Crippen molar-refractivity contribution in [2.75, 3.05) is 6.61 Å². The van der Waals surface area contributed by atoms with E-state index in [0.29, 0.717) is 29.4 Å². The molecule has 2 aromatic carbocycles. The van der Waals surface area contributed by atoms with Crippen LogP contribution < -0.4 is 10.5 Å². The number of hydrogen-bond donors (Lipinski definition) is 1. The number of nitrogens with two attached hydrogens (primary N) is 1. The van der Waals surface area contributed by atoms with E-state index in [-0.39, 0.29) is 11.8 Å². The van der Waals surface area contributed by atoms with Crippen LogP contribution in [0.4, 0.5) is 0 Å². The summed E-state index contributed by atoms with van der Waals surface area (Å²) in [5.74, 6) is 1.09. The summed E-state index contributed by atoms with van der Waals surface area (Å²) < 4.78 is 5.80. The average Bonchev–Trinajstić information content (AvgIpc) is 2.53. The van der Waals surface area contributed by atoms with Crippen molar-refractivity contribution in [1.82, 2.24) is 0 Å². The number of rotatable bonds is 7. The second-order valence-corrected chi connectivity index (χ2v) is 5.89. The molecule has 0 aliphatic heterocycles. The third-order valence-corrected chi connectivity index (χ3v) is 3.39. The standard InChI is InChI=1S/C19H23NO2/c1-14(2)12-16(20)13-22-18-11-7-6-10-17(18)19(21)15-8-4-3-5-9-15/h3-11,14,16H,12-13,20H2,1-2H3/t16-/m0/s1. The van der Waals surface area contributed by atoms with Gasteiger partial charge in [0.15, 0.2) is 5.78 Å². The van der Waals surface area contributed by atoms with Gasteiger partial charge in [-0.05, 0) is 24.5 Å². The zero-order valence-electron chi connectivity index (χ0n) is 13.2. The van der Waals surface area contributed by atoms with Gasteiger partial charge in [-0.25, -0.2) is 0 Å². The molecule has 0 fully saturated rings. The van der Waals surface area contributed by atoms with Crippen molar-refractivity contribution in [3.05, 3.63) is 65.7 Å². The molecule has 0 saturated heterocycles. The van der Waals surface area contributed by atoms with E-state index < -0.39 is 0 Å². The molecule has 0 saturated carbocycles. The Bertz CT molecular complexity index is 608. The van der Waals surface area contributed by atoms with Crippen LogP contribution in [0.1, 0.15) is 36.2 Å². The van der Waals surface area contributed by atoms with Crippen molar-refractivity contribution < 1.29 is 9.53 Å².